The Labute approximate surface area is 116 Å². The van der Waals surface area contributed by atoms with Crippen molar-refractivity contribution < 1.29 is 9.53 Å². The van der Waals surface area contributed by atoms with Crippen molar-refractivity contribution in [2.24, 2.45) is 11.7 Å². The second-order valence-corrected chi connectivity index (χ2v) is 7.04. The maximum atomic E-state index is 12.4. The van der Waals surface area contributed by atoms with Gasteiger partial charge in [0.05, 0.1) is 0 Å². The summed E-state index contributed by atoms with van der Waals surface area (Å²) in [6, 6.07) is 0.524. The molecule has 19 heavy (non-hydrogen) atoms. The first-order chi connectivity index (χ1) is 8.90. The molecule has 4 nitrogen and oxygen atoms in total. The zero-order chi connectivity index (χ0) is 14.0. The molecule has 0 radical (unpaired) electrons. The van der Waals surface area contributed by atoms with E-state index in [0.717, 1.165) is 25.2 Å². The molecule has 4 heteroatoms. The van der Waals surface area contributed by atoms with Gasteiger partial charge in [-0.2, -0.15) is 0 Å². The van der Waals surface area contributed by atoms with Crippen LogP contribution < -0.4 is 5.73 Å². The third kappa shape index (κ3) is 4.10. The summed E-state index contributed by atoms with van der Waals surface area (Å²) in [6.45, 7) is 6.30. The zero-order valence-electron chi connectivity index (χ0n) is 12.5. The van der Waals surface area contributed by atoms with Crippen LogP contribution in [0.4, 0.5) is 4.79 Å². The molecular formula is C15H28N2O2. The Balaban J connectivity index is 1.98. The molecule has 2 rings (SSSR count). The normalized spacial score (nSPS) is 21.7. The Bertz CT molecular complexity index is 317. The van der Waals surface area contributed by atoms with Gasteiger partial charge in [-0.25, -0.2) is 4.79 Å². The molecule has 1 amide bonds. The van der Waals surface area contributed by atoms with Crippen LogP contribution in [0, 0.1) is 5.92 Å². The van der Waals surface area contributed by atoms with Gasteiger partial charge in [0.1, 0.15) is 5.60 Å². The maximum Gasteiger partial charge on any atom is 0.410 e. The molecule has 0 aliphatic heterocycles. The third-order valence-corrected chi connectivity index (χ3v) is 4.04. The molecule has 2 saturated carbocycles. The Morgan fingerprint density at radius 1 is 1.32 bits per heavy atom. The molecule has 1 unspecified atom stereocenters. The highest BCUT2D eigenvalue weighted by atomic mass is 16.6. The van der Waals surface area contributed by atoms with Crippen LogP contribution in [0.5, 0.6) is 0 Å². The van der Waals surface area contributed by atoms with Crippen LogP contribution >= 0.6 is 0 Å². The fourth-order valence-electron chi connectivity index (χ4n) is 2.70. The molecule has 2 aliphatic carbocycles. The summed E-state index contributed by atoms with van der Waals surface area (Å²) in [5, 5.41) is 0. The van der Waals surface area contributed by atoms with Crippen molar-refractivity contribution in [3.05, 3.63) is 0 Å². The van der Waals surface area contributed by atoms with Crippen LogP contribution in [0.15, 0.2) is 0 Å². The fourth-order valence-corrected chi connectivity index (χ4v) is 2.70. The summed E-state index contributed by atoms with van der Waals surface area (Å²) >= 11 is 0. The van der Waals surface area contributed by atoms with E-state index in [1.54, 1.807) is 0 Å². The van der Waals surface area contributed by atoms with E-state index in [0.29, 0.717) is 12.6 Å². The van der Waals surface area contributed by atoms with Crippen molar-refractivity contribution in [3.63, 3.8) is 0 Å². The van der Waals surface area contributed by atoms with Crippen LogP contribution in [0.3, 0.4) is 0 Å². The standard InChI is InChI=1S/C15H28N2O2/c1-15(2,3)19-14(18)17(12-7-8-12)13(10-16)9-11-5-4-6-11/h11-13H,4-10,16H2,1-3H3. The molecule has 0 bridgehead atoms. The highest BCUT2D eigenvalue weighted by Gasteiger charge is 2.40. The number of carbonyl (C=O) groups is 1. The molecule has 0 aromatic heterocycles. The minimum atomic E-state index is -0.431. The molecule has 0 heterocycles. The molecule has 1 atom stereocenters. The van der Waals surface area contributed by atoms with Gasteiger partial charge >= 0.3 is 6.09 Å². The van der Waals surface area contributed by atoms with Crippen LogP contribution in [-0.2, 0) is 4.74 Å². The summed E-state index contributed by atoms with van der Waals surface area (Å²) in [7, 11) is 0. The van der Waals surface area contributed by atoms with Gasteiger partial charge in [0.2, 0.25) is 0 Å². The van der Waals surface area contributed by atoms with E-state index in [9.17, 15) is 4.79 Å². The van der Waals surface area contributed by atoms with E-state index in [1.807, 2.05) is 25.7 Å². The topological polar surface area (TPSA) is 55.6 Å². The largest absolute Gasteiger partial charge is 0.444 e. The van der Waals surface area contributed by atoms with Gasteiger partial charge in [-0.05, 0) is 46.0 Å². The number of carbonyl (C=O) groups excluding carboxylic acids is 1. The molecule has 2 N–H and O–H groups in total. The molecule has 110 valence electrons. The van der Waals surface area contributed by atoms with E-state index in [1.165, 1.54) is 19.3 Å². The lowest BCUT2D eigenvalue weighted by atomic mass is 9.80. The summed E-state index contributed by atoms with van der Waals surface area (Å²) in [6.07, 6.45) is 6.99. The van der Waals surface area contributed by atoms with E-state index in [2.05, 4.69) is 0 Å². The highest BCUT2D eigenvalue weighted by molar-refractivity contribution is 5.69. The quantitative estimate of drug-likeness (QED) is 0.834. The lowest BCUT2D eigenvalue weighted by molar-refractivity contribution is 0.0108. The lowest BCUT2D eigenvalue weighted by Gasteiger charge is -2.37. The van der Waals surface area contributed by atoms with Gasteiger partial charge in [0.25, 0.3) is 0 Å². The molecule has 0 aromatic carbocycles. The smallest absolute Gasteiger partial charge is 0.410 e. The average Bonchev–Trinajstić information content (AvgIpc) is 3.02. The Hall–Kier alpha value is -0.770. The van der Waals surface area contributed by atoms with E-state index in [4.69, 9.17) is 10.5 Å². The number of nitrogens with two attached hydrogens (primary N) is 1. The first kappa shape index (κ1) is 14.6. The fraction of sp³-hybridized carbons (Fsp3) is 0.933. The second kappa shape index (κ2) is 5.70. The molecule has 2 fully saturated rings. The van der Waals surface area contributed by atoms with Crippen molar-refractivity contribution in [3.8, 4) is 0 Å². The summed E-state index contributed by atoms with van der Waals surface area (Å²) in [4.78, 5) is 14.3. The zero-order valence-corrected chi connectivity index (χ0v) is 12.5. The van der Waals surface area contributed by atoms with Crippen molar-refractivity contribution >= 4 is 6.09 Å². The molecule has 0 aromatic rings. The predicted octanol–water partition coefficient (Wildman–Crippen LogP) is 2.90. The number of hydrogen-bond donors (Lipinski definition) is 1. The molecule has 2 aliphatic rings. The number of ether oxygens (including phenoxy) is 1. The summed E-state index contributed by atoms with van der Waals surface area (Å²) < 4.78 is 5.55. The first-order valence-corrected chi connectivity index (χ1v) is 7.62. The first-order valence-electron chi connectivity index (χ1n) is 7.62. The molecular weight excluding hydrogens is 240 g/mol. The van der Waals surface area contributed by atoms with E-state index in [-0.39, 0.29) is 12.1 Å². The van der Waals surface area contributed by atoms with Gasteiger partial charge in [0, 0.05) is 18.6 Å². The predicted molar refractivity (Wildman–Crippen MR) is 75.9 cm³/mol. The van der Waals surface area contributed by atoms with Crippen LogP contribution in [0.2, 0.25) is 0 Å². The van der Waals surface area contributed by atoms with Crippen molar-refractivity contribution in [2.45, 2.75) is 77.0 Å². The summed E-state index contributed by atoms with van der Waals surface area (Å²) in [5.74, 6) is 0.761. The monoisotopic (exact) mass is 268 g/mol. The second-order valence-electron chi connectivity index (χ2n) is 7.04. The minimum absolute atomic E-state index is 0.160. The highest BCUT2D eigenvalue weighted by Crippen LogP contribution is 2.36. The summed E-state index contributed by atoms with van der Waals surface area (Å²) in [5.41, 5.74) is 5.49. The van der Waals surface area contributed by atoms with E-state index < -0.39 is 5.60 Å². The minimum Gasteiger partial charge on any atom is -0.444 e. The number of amides is 1. The third-order valence-electron chi connectivity index (χ3n) is 4.04. The Kier molecular flexibility index (Phi) is 4.39. The van der Waals surface area contributed by atoms with Crippen LogP contribution in [-0.4, -0.2) is 35.2 Å². The lowest BCUT2D eigenvalue weighted by Crippen LogP contribution is -2.49. The van der Waals surface area contributed by atoms with Crippen molar-refractivity contribution in [2.75, 3.05) is 6.54 Å². The number of hydrogen-bond acceptors (Lipinski definition) is 3. The average molecular weight is 268 g/mol. The van der Waals surface area contributed by atoms with Crippen LogP contribution in [0.25, 0.3) is 0 Å². The Morgan fingerprint density at radius 2 is 1.95 bits per heavy atom. The van der Waals surface area contributed by atoms with Gasteiger partial charge in [-0.15, -0.1) is 0 Å². The van der Waals surface area contributed by atoms with E-state index >= 15 is 0 Å². The molecule has 0 spiro atoms. The van der Waals surface area contributed by atoms with Gasteiger partial charge in [-0.1, -0.05) is 19.3 Å². The SMILES string of the molecule is CC(C)(C)OC(=O)N(C1CC1)C(CN)CC1CCC1. The van der Waals surface area contributed by atoms with Crippen molar-refractivity contribution in [1.82, 2.24) is 4.90 Å². The van der Waals surface area contributed by atoms with Gasteiger partial charge in [-0.3, -0.25) is 0 Å². The number of rotatable bonds is 5. The number of nitrogens with zero attached hydrogens (tertiary/aromatic N) is 1. The molecule has 0 saturated heterocycles. The Morgan fingerprint density at radius 3 is 2.32 bits per heavy atom. The van der Waals surface area contributed by atoms with Crippen LogP contribution in [0.1, 0.15) is 59.3 Å². The van der Waals surface area contributed by atoms with Gasteiger partial charge < -0.3 is 15.4 Å². The van der Waals surface area contributed by atoms with Crippen molar-refractivity contribution in [1.29, 1.82) is 0 Å². The van der Waals surface area contributed by atoms with Gasteiger partial charge in [0.15, 0.2) is 0 Å². The maximum absolute atomic E-state index is 12.4.